The third-order valence-electron chi connectivity index (χ3n) is 3.80. The molecule has 1 aromatic carbocycles. The van der Waals surface area contributed by atoms with Gasteiger partial charge in [-0.05, 0) is 42.0 Å². The van der Waals surface area contributed by atoms with E-state index in [2.05, 4.69) is 54.9 Å². The van der Waals surface area contributed by atoms with Gasteiger partial charge in [0.15, 0.2) is 0 Å². The second-order valence-corrected chi connectivity index (χ2v) is 7.28. The number of likely N-dealkylation sites (N-methyl/N-ethyl adjacent to an activating group) is 1. The monoisotopic (exact) mass is 330 g/mol. The summed E-state index contributed by atoms with van der Waals surface area (Å²) in [4.78, 5) is 15.3. The van der Waals surface area contributed by atoms with Gasteiger partial charge in [-0.3, -0.25) is 9.69 Å². The topological polar surface area (TPSA) is 32.3 Å². The molecule has 0 aliphatic carbocycles. The minimum Gasteiger partial charge on any atom is -0.355 e. The minimum absolute atomic E-state index is 0.0860. The highest BCUT2D eigenvalue weighted by atomic mass is 32.1. The lowest BCUT2D eigenvalue weighted by Gasteiger charge is -2.15. The number of rotatable bonds is 8. The van der Waals surface area contributed by atoms with E-state index in [4.69, 9.17) is 0 Å². The molecule has 0 aliphatic heterocycles. The third kappa shape index (κ3) is 6.16. The van der Waals surface area contributed by atoms with Crippen LogP contribution in [0.2, 0.25) is 0 Å². The molecule has 0 bridgehead atoms. The minimum atomic E-state index is 0.0860. The first-order valence-corrected chi connectivity index (χ1v) is 8.99. The average Bonchev–Trinajstić information content (AvgIpc) is 3.00. The van der Waals surface area contributed by atoms with E-state index in [0.717, 1.165) is 13.0 Å². The quantitative estimate of drug-likeness (QED) is 0.801. The van der Waals surface area contributed by atoms with Crippen molar-refractivity contribution in [1.82, 2.24) is 10.2 Å². The molecule has 1 aromatic heterocycles. The molecule has 3 nitrogen and oxygen atoms in total. The van der Waals surface area contributed by atoms with Crippen LogP contribution >= 0.6 is 11.3 Å². The summed E-state index contributed by atoms with van der Waals surface area (Å²) in [5.74, 6) is 0.644. The Morgan fingerprint density at radius 3 is 2.57 bits per heavy atom. The van der Waals surface area contributed by atoms with Crippen molar-refractivity contribution in [2.75, 3.05) is 20.1 Å². The SMILES string of the molecule is CC(C)c1ccc(CCNC(=O)CN(C)Cc2cccs2)cc1. The highest BCUT2D eigenvalue weighted by Crippen LogP contribution is 2.14. The number of amides is 1. The molecule has 124 valence electrons. The van der Waals surface area contributed by atoms with E-state index in [-0.39, 0.29) is 5.91 Å². The molecule has 1 heterocycles. The summed E-state index contributed by atoms with van der Waals surface area (Å²) < 4.78 is 0. The van der Waals surface area contributed by atoms with Crippen LogP contribution in [0.5, 0.6) is 0 Å². The molecule has 0 saturated carbocycles. The predicted octanol–water partition coefficient (Wildman–Crippen LogP) is 3.66. The average molecular weight is 330 g/mol. The lowest BCUT2D eigenvalue weighted by Crippen LogP contribution is -2.35. The van der Waals surface area contributed by atoms with Crippen LogP contribution in [0.15, 0.2) is 41.8 Å². The van der Waals surface area contributed by atoms with Gasteiger partial charge in [-0.25, -0.2) is 0 Å². The molecule has 0 saturated heterocycles. The molecular weight excluding hydrogens is 304 g/mol. The summed E-state index contributed by atoms with van der Waals surface area (Å²) in [6, 6.07) is 12.8. The van der Waals surface area contributed by atoms with Crippen LogP contribution < -0.4 is 5.32 Å². The van der Waals surface area contributed by atoms with Crippen molar-refractivity contribution < 1.29 is 4.79 Å². The van der Waals surface area contributed by atoms with Crippen LogP contribution in [0.1, 0.15) is 35.8 Å². The Kier molecular flexibility index (Phi) is 6.81. The van der Waals surface area contributed by atoms with Gasteiger partial charge in [-0.1, -0.05) is 44.2 Å². The van der Waals surface area contributed by atoms with E-state index >= 15 is 0 Å². The zero-order chi connectivity index (χ0) is 16.7. The van der Waals surface area contributed by atoms with Crippen LogP contribution in [0.4, 0.5) is 0 Å². The molecule has 0 fully saturated rings. The van der Waals surface area contributed by atoms with Gasteiger partial charge < -0.3 is 5.32 Å². The largest absolute Gasteiger partial charge is 0.355 e. The standard InChI is InChI=1S/C19H26N2OS/c1-15(2)17-8-6-16(7-9-17)10-11-20-19(22)14-21(3)13-18-5-4-12-23-18/h4-9,12,15H,10-11,13-14H2,1-3H3,(H,20,22). The molecule has 0 aliphatic rings. The summed E-state index contributed by atoms with van der Waals surface area (Å²) in [6.07, 6.45) is 0.874. The zero-order valence-electron chi connectivity index (χ0n) is 14.2. The van der Waals surface area contributed by atoms with Gasteiger partial charge in [0.2, 0.25) is 5.91 Å². The maximum atomic E-state index is 12.0. The number of thiophene rings is 1. The highest BCUT2D eigenvalue weighted by Gasteiger charge is 2.07. The van der Waals surface area contributed by atoms with Crippen LogP contribution in [-0.4, -0.2) is 30.9 Å². The maximum Gasteiger partial charge on any atom is 0.234 e. The number of nitrogens with one attached hydrogen (secondary N) is 1. The van der Waals surface area contributed by atoms with Crippen LogP contribution in [-0.2, 0) is 17.8 Å². The molecular formula is C19H26N2OS. The first kappa shape index (κ1) is 17.7. The third-order valence-corrected chi connectivity index (χ3v) is 4.66. The van der Waals surface area contributed by atoms with E-state index in [1.54, 1.807) is 11.3 Å². The van der Waals surface area contributed by atoms with Gasteiger partial charge in [-0.15, -0.1) is 11.3 Å². The highest BCUT2D eigenvalue weighted by molar-refractivity contribution is 7.09. The van der Waals surface area contributed by atoms with Gasteiger partial charge in [0.25, 0.3) is 0 Å². The summed E-state index contributed by atoms with van der Waals surface area (Å²) in [6.45, 7) is 6.34. The molecule has 0 radical (unpaired) electrons. The Hall–Kier alpha value is -1.65. The van der Waals surface area contributed by atoms with Gasteiger partial charge in [0.05, 0.1) is 6.54 Å². The fourth-order valence-corrected chi connectivity index (χ4v) is 3.22. The normalized spacial score (nSPS) is 11.2. The fraction of sp³-hybridized carbons (Fsp3) is 0.421. The van der Waals surface area contributed by atoms with Gasteiger partial charge in [0.1, 0.15) is 0 Å². The van der Waals surface area contributed by atoms with Gasteiger partial charge in [0, 0.05) is 18.0 Å². The molecule has 1 amide bonds. The van der Waals surface area contributed by atoms with E-state index in [1.165, 1.54) is 16.0 Å². The van der Waals surface area contributed by atoms with E-state index in [1.807, 2.05) is 18.0 Å². The lowest BCUT2D eigenvalue weighted by molar-refractivity contribution is -0.122. The Labute approximate surface area is 143 Å². The van der Waals surface area contributed by atoms with Crippen LogP contribution in [0.25, 0.3) is 0 Å². The van der Waals surface area contributed by atoms with Crippen LogP contribution in [0, 0.1) is 0 Å². The maximum absolute atomic E-state index is 12.0. The summed E-state index contributed by atoms with van der Waals surface area (Å²) in [7, 11) is 1.98. The Morgan fingerprint density at radius 2 is 1.96 bits per heavy atom. The number of nitrogens with zero attached hydrogens (tertiary/aromatic N) is 1. The van der Waals surface area contributed by atoms with Crippen molar-refractivity contribution >= 4 is 17.2 Å². The smallest absolute Gasteiger partial charge is 0.234 e. The summed E-state index contributed by atoms with van der Waals surface area (Å²) >= 11 is 1.72. The molecule has 0 unspecified atom stereocenters. The Balaban J connectivity index is 1.68. The molecule has 2 aromatic rings. The second-order valence-electron chi connectivity index (χ2n) is 6.25. The molecule has 2 rings (SSSR count). The zero-order valence-corrected chi connectivity index (χ0v) is 15.0. The number of hydrogen-bond acceptors (Lipinski definition) is 3. The van der Waals surface area contributed by atoms with Crippen molar-refractivity contribution in [3.05, 3.63) is 57.8 Å². The van der Waals surface area contributed by atoms with Crippen LogP contribution in [0.3, 0.4) is 0 Å². The van der Waals surface area contributed by atoms with Crippen molar-refractivity contribution in [2.45, 2.75) is 32.7 Å². The van der Waals surface area contributed by atoms with Gasteiger partial charge in [-0.2, -0.15) is 0 Å². The fourth-order valence-electron chi connectivity index (χ4n) is 2.44. The second kappa shape index (κ2) is 8.85. The van der Waals surface area contributed by atoms with Crippen molar-refractivity contribution in [2.24, 2.45) is 0 Å². The Morgan fingerprint density at radius 1 is 1.22 bits per heavy atom. The molecule has 4 heteroatoms. The molecule has 0 spiro atoms. The number of hydrogen-bond donors (Lipinski definition) is 1. The van der Waals surface area contributed by atoms with Crippen molar-refractivity contribution in [1.29, 1.82) is 0 Å². The van der Waals surface area contributed by atoms with E-state index < -0.39 is 0 Å². The lowest BCUT2D eigenvalue weighted by atomic mass is 10.0. The number of carbonyl (C=O) groups excluding carboxylic acids is 1. The first-order valence-electron chi connectivity index (χ1n) is 8.11. The summed E-state index contributed by atoms with van der Waals surface area (Å²) in [5, 5.41) is 5.07. The van der Waals surface area contributed by atoms with Crippen molar-refractivity contribution in [3.8, 4) is 0 Å². The number of benzene rings is 1. The molecule has 23 heavy (non-hydrogen) atoms. The van der Waals surface area contributed by atoms with Crippen molar-refractivity contribution in [3.63, 3.8) is 0 Å². The van der Waals surface area contributed by atoms with E-state index in [0.29, 0.717) is 19.0 Å². The number of carbonyl (C=O) groups is 1. The van der Waals surface area contributed by atoms with Gasteiger partial charge >= 0.3 is 0 Å². The molecule has 0 atom stereocenters. The predicted molar refractivity (Wildman–Crippen MR) is 97.9 cm³/mol. The Bertz CT molecular complexity index is 590. The summed E-state index contributed by atoms with van der Waals surface area (Å²) in [5.41, 5.74) is 2.62. The van der Waals surface area contributed by atoms with E-state index in [9.17, 15) is 4.79 Å². The first-order chi connectivity index (χ1) is 11.0. The molecule has 1 N–H and O–H groups in total.